The van der Waals surface area contributed by atoms with Crippen LogP contribution in [0.2, 0.25) is 0 Å². The van der Waals surface area contributed by atoms with E-state index in [4.69, 9.17) is 14.2 Å². The van der Waals surface area contributed by atoms with Crippen molar-refractivity contribution >= 4 is 15.9 Å². The average Bonchev–Trinajstić information content (AvgIpc) is 2.82. The average molecular weight is 467 g/mol. The van der Waals surface area contributed by atoms with Crippen molar-refractivity contribution in [2.24, 2.45) is 5.92 Å². The van der Waals surface area contributed by atoms with Gasteiger partial charge in [-0.05, 0) is 49.2 Å². The van der Waals surface area contributed by atoms with E-state index in [0.29, 0.717) is 30.1 Å². The molecule has 0 aromatic heterocycles. The Labute approximate surface area is 187 Å². The van der Waals surface area contributed by atoms with E-state index in [2.05, 4.69) is 5.32 Å². The molecule has 0 spiro atoms. The van der Waals surface area contributed by atoms with E-state index in [1.165, 1.54) is 37.8 Å². The zero-order chi connectivity index (χ0) is 23.3. The Hall–Kier alpha value is -2.85. The molecule has 1 saturated heterocycles. The van der Waals surface area contributed by atoms with Crippen LogP contribution in [0, 0.1) is 11.7 Å². The third-order valence-corrected chi connectivity index (χ3v) is 7.43. The van der Waals surface area contributed by atoms with E-state index >= 15 is 0 Å². The maximum Gasteiger partial charge on any atom is 0.243 e. The van der Waals surface area contributed by atoms with E-state index in [0.717, 1.165) is 17.7 Å². The molecule has 2 aromatic rings. The molecule has 0 atom stereocenters. The monoisotopic (exact) mass is 466 g/mol. The van der Waals surface area contributed by atoms with Gasteiger partial charge >= 0.3 is 0 Å². The van der Waals surface area contributed by atoms with E-state index in [1.54, 1.807) is 12.1 Å². The molecule has 0 aliphatic carbocycles. The number of carbonyl (C=O) groups is 1. The van der Waals surface area contributed by atoms with Crippen LogP contribution < -0.4 is 19.5 Å². The molecule has 1 heterocycles. The van der Waals surface area contributed by atoms with Crippen molar-refractivity contribution in [3.63, 3.8) is 0 Å². The van der Waals surface area contributed by atoms with Crippen LogP contribution in [0.3, 0.4) is 0 Å². The Morgan fingerprint density at radius 2 is 1.62 bits per heavy atom. The van der Waals surface area contributed by atoms with Crippen LogP contribution in [-0.4, -0.2) is 53.0 Å². The normalized spacial score (nSPS) is 15.2. The van der Waals surface area contributed by atoms with Gasteiger partial charge in [-0.3, -0.25) is 4.79 Å². The first-order valence-corrected chi connectivity index (χ1v) is 11.6. The van der Waals surface area contributed by atoms with Crippen molar-refractivity contribution in [3.8, 4) is 17.2 Å². The minimum atomic E-state index is -3.71. The number of sulfonamides is 1. The fourth-order valence-corrected chi connectivity index (χ4v) is 5.21. The zero-order valence-electron chi connectivity index (χ0n) is 18.3. The molecule has 0 bridgehead atoms. The largest absolute Gasteiger partial charge is 0.493 e. The van der Waals surface area contributed by atoms with Crippen LogP contribution in [0.4, 0.5) is 4.39 Å². The number of ether oxygens (including phenoxy) is 3. The lowest BCUT2D eigenvalue weighted by Gasteiger charge is -2.30. The fraction of sp³-hybridized carbons (Fsp3) is 0.409. The lowest BCUT2D eigenvalue weighted by molar-refractivity contribution is -0.126. The first kappa shape index (κ1) is 23.8. The van der Waals surface area contributed by atoms with Crippen molar-refractivity contribution in [1.82, 2.24) is 9.62 Å². The number of benzene rings is 2. The third-order valence-electron chi connectivity index (χ3n) is 5.51. The first-order chi connectivity index (χ1) is 15.3. The third kappa shape index (κ3) is 4.97. The SMILES string of the molecule is COc1ccc(CNC(=O)C2CCN(S(=O)(=O)c3ccc(F)cc3)CC2)c(OC)c1OC. The highest BCUT2D eigenvalue weighted by atomic mass is 32.2. The topological polar surface area (TPSA) is 94.2 Å². The number of rotatable bonds is 8. The van der Waals surface area contributed by atoms with Gasteiger partial charge in [0.05, 0.1) is 26.2 Å². The van der Waals surface area contributed by atoms with Gasteiger partial charge in [0.2, 0.25) is 21.7 Å². The second-order valence-electron chi connectivity index (χ2n) is 7.34. The molecular weight excluding hydrogens is 439 g/mol. The van der Waals surface area contributed by atoms with Gasteiger partial charge in [-0.25, -0.2) is 12.8 Å². The summed E-state index contributed by atoms with van der Waals surface area (Å²) in [6.45, 7) is 0.672. The molecule has 0 radical (unpaired) electrons. The summed E-state index contributed by atoms with van der Waals surface area (Å²) in [6, 6.07) is 8.27. The van der Waals surface area contributed by atoms with Crippen LogP contribution in [0.5, 0.6) is 17.2 Å². The number of piperidine rings is 1. The molecule has 2 aromatic carbocycles. The molecule has 1 N–H and O–H groups in total. The summed E-state index contributed by atoms with van der Waals surface area (Å²) in [5.74, 6) is 0.495. The smallest absolute Gasteiger partial charge is 0.243 e. The minimum Gasteiger partial charge on any atom is -0.493 e. The van der Waals surface area contributed by atoms with Crippen LogP contribution in [0.1, 0.15) is 18.4 Å². The number of amides is 1. The van der Waals surface area contributed by atoms with Crippen molar-refractivity contribution in [2.75, 3.05) is 34.4 Å². The Morgan fingerprint density at radius 1 is 1.00 bits per heavy atom. The predicted octanol–water partition coefficient (Wildman–Crippen LogP) is 2.57. The summed E-state index contributed by atoms with van der Waals surface area (Å²) in [4.78, 5) is 12.7. The van der Waals surface area contributed by atoms with E-state index in [9.17, 15) is 17.6 Å². The quantitative estimate of drug-likeness (QED) is 0.643. The molecule has 1 aliphatic heterocycles. The molecule has 1 fully saturated rings. The molecule has 3 rings (SSSR count). The molecule has 32 heavy (non-hydrogen) atoms. The maximum atomic E-state index is 13.1. The lowest BCUT2D eigenvalue weighted by atomic mass is 9.97. The highest BCUT2D eigenvalue weighted by Crippen LogP contribution is 2.39. The van der Waals surface area contributed by atoms with Crippen LogP contribution >= 0.6 is 0 Å². The Balaban J connectivity index is 1.60. The summed E-state index contributed by atoms with van der Waals surface area (Å²) in [7, 11) is 0.839. The van der Waals surface area contributed by atoms with E-state index in [-0.39, 0.29) is 36.4 Å². The highest BCUT2D eigenvalue weighted by molar-refractivity contribution is 7.89. The van der Waals surface area contributed by atoms with Crippen LogP contribution in [0.25, 0.3) is 0 Å². The van der Waals surface area contributed by atoms with Crippen molar-refractivity contribution in [3.05, 3.63) is 47.8 Å². The van der Waals surface area contributed by atoms with Gasteiger partial charge in [-0.2, -0.15) is 4.31 Å². The molecule has 1 amide bonds. The van der Waals surface area contributed by atoms with Gasteiger partial charge in [0.1, 0.15) is 5.82 Å². The van der Waals surface area contributed by atoms with Gasteiger partial charge in [-0.1, -0.05) is 0 Å². The van der Waals surface area contributed by atoms with Crippen molar-refractivity contribution in [2.45, 2.75) is 24.3 Å². The second-order valence-corrected chi connectivity index (χ2v) is 9.28. The van der Waals surface area contributed by atoms with Gasteiger partial charge in [-0.15, -0.1) is 0 Å². The number of halogens is 1. The summed E-state index contributed by atoms with van der Waals surface area (Å²) in [5, 5.41) is 2.90. The molecule has 8 nitrogen and oxygen atoms in total. The van der Waals surface area contributed by atoms with Crippen LogP contribution in [0.15, 0.2) is 41.3 Å². The summed E-state index contributed by atoms with van der Waals surface area (Å²) >= 11 is 0. The highest BCUT2D eigenvalue weighted by Gasteiger charge is 2.32. The van der Waals surface area contributed by atoms with Gasteiger partial charge in [0, 0.05) is 31.1 Å². The first-order valence-electron chi connectivity index (χ1n) is 10.1. The number of nitrogens with zero attached hydrogens (tertiary/aromatic N) is 1. The van der Waals surface area contributed by atoms with E-state index in [1.807, 2.05) is 0 Å². The minimum absolute atomic E-state index is 0.0438. The Morgan fingerprint density at radius 3 is 2.19 bits per heavy atom. The van der Waals surface area contributed by atoms with Crippen molar-refractivity contribution in [1.29, 1.82) is 0 Å². The summed E-state index contributed by atoms with van der Waals surface area (Å²) in [5.41, 5.74) is 0.731. The molecule has 174 valence electrons. The molecular formula is C22H27FN2O6S. The van der Waals surface area contributed by atoms with Crippen molar-refractivity contribution < 1.29 is 31.8 Å². The Bertz CT molecular complexity index is 1050. The number of carbonyl (C=O) groups excluding carboxylic acids is 1. The standard InChI is InChI=1S/C22H27FN2O6S/c1-29-19-9-4-16(20(30-2)21(19)31-3)14-24-22(26)15-10-12-25(13-11-15)32(27,28)18-7-5-17(23)6-8-18/h4-9,15H,10-14H2,1-3H3,(H,24,26). The number of methoxy groups -OCH3 is 3. The van der Waals surface area contributed by atoms with Gasteiger partial charge in [0.25, 0.3) is 0 Å². The van der Waals surface area contributed by atoms with Gasteiger partial charge in [0.15, 0.2) is 11.5 Å². The number of hydrogen-bond donors (Lipinski definition) is 1. The molecule has 1 aliphatic rings. The molecule has 0 unspecified atom stereocenters. The Kier molecular flexibility index (Phi) is 7.57. The fourth-order valence-electron chi connectivity index (χ4n) is 3.74. The number of nitrogens with one attached hydrogen (secondary N) is 1. The predicted molar refractivity (Wildman–Crippen MR) is 116 cm³/mol. The molecule has 10 heteroatoms. The molecule has 0 saturated carbocycles. The summed E-state index contributed by atoms with van der Waals surface area (Å²) in [6.07, 6.45) is 0.796. The zero-order valence-corrected chi connectivity index (χ0v) is 19.1. The summed E-state index contributed by atoms with van der Waals surface area (Å²) < 4.78 is 56.0. The second kappa shape index (κ2) is 10.2. The van der Waals surface area contributed by atoms with Crippen LogP contribution in [-0.2, 0) is 21.4 Å². The van der Waals surface area contributed by atoms with E-state index < -0.39 is 15.8 Å². The van der Waals surface area contributed by atoms with Gasteiger partial charge < -0.3 is 19.5 Å². The maximum absolute atomic E-state index is 13.1. The number of hydrogen-bond acceptors (Lipinski definition) is 6. The lowest BCUT2D eigenvalue weighted by Crippen LogP contribution is -2.42.